The largest absolute Gasteiger partial charge is 0.508 e. The number of carbonyl (C=O) groups excluding carboxylic acids is 2. The number of amides is 2. The normalized spacial score (nSPS) is 12.9. The zero-order valence-corrected chi connectivity index (χ0v) is 18.4. The average molecular weight is 526 g/mol. The minimum Gasteiger partial charge on any atom is -0.508 e. The molecule has 30 heavy (non-hydrogen) atoms. The fourth-order valence-electron chi connectivity index (χ4n) is 2.76. The highest BCUT2D eigenvalue weighted by atomic mass is 127. The van der Waals surface area contributed by atoms with E-state index >= 15 is 0 Å². The second-order valence-corrected chi connectivity index (χ2v) is 7.50. The number of anilines is 1. The smallest absolute Gasteiger partial charge is 0.412 e. The van der Waals surface area contributed by atoms with Gasteiger partial charge in [0.15, 0.2) is 6.10 Å². The van der Waals surface area contributed by atoms with Crippen LogP contribution in [0.15, 0.2) is 60.7 Å². The molecule has 0 fully saturated rings. The molecule has 0 radical (unpaired) electrons. The van der Waals surface area contributed by atoms with Crippen molar-refractivity contribution in [3.63, 3.8) is 0 Å². The zero-order chi connectivity index (χ0) is 21.9. The van der Waals surface area contributed by atoms with E-state index in [0.29, 0.717) is 24.1 Å². The summed E-state index contributed by atoms with van der Waals surface area (Å²) in [5.41, 5.74) is 2.49. The molecule has 2 aromatic carbocycles. The van der Waals surface area contributed by atoms with Crippen molar-refractivity contribution in [1.82, 2.24) is 5.48 Å². The summed E-state index contributed by atoms with van der Waals surface area (Å²) in [7, 11) is 1.48. The molecule has 160 valence electrons. The van der Waals surface area contributed by atoms with Crippen LogP contribution in [0.4, 0.5) is 10.5 Å². The maximum absolute atomic E-state index is 12.5. The molecule has 8 nitrogen and oxygen atoms in total. The maximum Gasteiger partial charge on any atom is 0.412 e. The van der Waals surface area contributed by atoms with Crippen molar-refractivity contribution in [3.05, 3.63) is 69.8 Å². The van der Waals surface area contributed by atoms with E-state index in [1.165, 1.54) is 24.7 Å². The molecule has 0 bridgehead atoms. The third-order valence-electron chi connectivity index (χ3n) is 4.19. The van der Waals surface area contributed by atoms with Crippen LogP contribution in [0.2, 0.25) is 0 Å². The Bertz CT molecular complexity index is 875. The number of ether oxygens (including phenoxy) is 2. The summed E-state index contributed by atoms with van der Waals surface area (Å²) < 4.78 is 12.0. The highest BCUT2D eigenvalue weighted by Gasteiger charge is 2.29. The third kappa shape index (κ3) is 7.32. The van der Waals surface area contributed by atoms with Crippen molar-refractivity contribution in [2.24, 2.45) is 0 Å². The van der Waals surface area contributed by atoms with Crippen molar-refractivity contribution in [2.45, 2.75) is 25.0 Å². The first-order chi connectivity index (χ1) is 14.4. The van der Waals surface area contributed by atoms with Crippen molar-refractivity contribution < 1.29 is 29.4 Å². The number of hydroxylamine groups is 1. The Morgan fingerprint density at radius 1 is 1.20 bits per heavy atom. The first-order valence-electron chi connectivity index (χ1n) is 9.09. The van der Waals surface area contributed by atoms with Crippen LogP contribution in [-0.2, 0) is 14.3 Å². The Balaban J connectivity index is 2.20. The van der Waals surface area contributed by atoms with E-state index in [-0.39, 0.29) is 5.75 Å². The number of methoxy groups -OCH3 is 1. The number of nitrogens with one attached hydrogen (secondary N) is 2. The molecule has 0 spiro atoms. The first kappa shape index (κ1) is 23.6. The van der Waals surface area contributed by atoms with E-state index in [4.69, 9.17) is 14.7 Å². The molecule has 0 aliphatic heterocycles. The number of phenolic OH excluding ortho intramolecular Hbond substituents is 1. The van der Waals surface area contributed by atoms with Gasteiger partial charge in [-0.3, -0.25) is 15.3 Å². The average Bonchev–Trinajstić information content (AvgIpc) is 2.75. The Kier molecular flexibility index (Phi) is 9.58. The van der Waals surface area contributed by atoms with Gasteiger partial charge >= 0.3 is 6.09 Å². The van der Waals surface area contributed by atoms with Crippen LogP contribution in [0.1, 0.15) is 24.5 Å². The number of phenols is 1. The van der Waals surface area contributed by atoms with Gasteiger partial charge in [-0.05, 0) is 65.8 Å². The van der Waals surface area contributed by atoms with Gasteiger partial charge in [-0.25, -0.2) is 10.3 Å². The van der Waals surface area contributed by atoms with E-state index in [1.54, 1.807) is 42.5 Å². The van der Waals surface area contributed by atoms with Crippen LogP contribution in [0, 0.1) is 3.57 Å². The van der Waals surface area contributed by atoms with Gasteiger partial charge in [-0.15, -0.1) is 0 Å². The predicted octanol–water partition coefficient (Wildman–Crippen LogP) is 4.14. The molecule has 2 rings (SSSR count). The molecule has 0 unspecified atom stereocenters. The summed E-state index contributed by atoms with van der Waals surface area (Å²) in [6.07, 6.45) is 1.37. The summed E-state index contributed by atoms with van der Waals surface area (Å²) in [5, 5.41) is 21.5. The Labute approximate surface area is 188 Å². The van der Waals surface area contributed by atoms with Crippen LogP contribution in [-0.4, -0.2) is 35.5 Å². The molecule has 0 heterocycles. The van der Waals surface area contributed by atoms with E-state index in [9.17, 15) is 14.7 Å². The topological polar surface area (TPSA) is 117 Å². The second kappa shape index (κ2) is 12.2. The zero-order valence-electron chi connectivity index (χ0n) is 16.2. The highest BCUT2D eigenvalue weighted by molar-refractivity contribution is 14.1. The quantitative estimate of drug-likeness (QED) is 0.169. The number of halogens is 1. The number of allylic oxidation sites excluding steroid dienone is 1. The summed E-state index contributed by atoms with van der Waals surface area (Å²) in [6, 6.07) is 13.8. The lowest BCUT2D eigenvalue weighted by Crippen LogP contribution is -2.28. The van der Waals surface area contributed by atoms with Crippen molar-refractivity contribution in [1.29, 1.82) is 0 Å². The number of carbonyl (C=O) groups is 2. The fourth-order valence-corrected chi connectivity index (χ4v) is 3.27. The lowest BCUT2D eigenvalue weighted by Gasteiger charge is -2.27. The van der Waals surface area contributed by atoms with Crippen LogP contribution >= 0.6 is 22.6 Å². The molecule has 2 aromatic rings. The standard InChI is InChI=1S/C21H23IN2O6/c1-29-18(9-5-6-10-19(26)24-28)20(16-13-14(22)11-12-17(16)25)30-21(27)23-15-7-3-2-4-8-15/h2-4,6-8,10-13,18,20,25,28H,5,9H2,1H3,(H,23,27)(H,24,26)/b10-6+/t18-,20-/m1/s1. The first-order valence-corrected chi connectivity index (χ1v) is 10.2. The molecule has 0 aliphatic rings. The van der Waals surface area contributed by atoms with Gasteiger partial charge in [0.25, 0.3) is 5.91 Å². The number of hydrogen-bond acceptors (Lipinski definition) is 6. The fraction of sp³-hybridized carbons (Fsp3) is 0.238. The summed E-state index contributed by atoms with van der Waals surface area (Å²) in [5.74, 6) is -0.667. The number of aromatic hydroxyl groups is 1. The SMILES string of the molecule is CO[C@H](CC/C=C/C(=O)NO)[C@H](OC(=O)Nc1ccccc1)c1cc(I)ccc1O. The number of rotatable bonds is 9. The third-order valence-corrected chi connectivity index (χ3v) is 4.86. The molecule has 9 heteroatoms. The summed E-state index contributed by atoms with van der Waals surface area (Å²) in [4.78, 5) is 23.6. The van der Waals surface area contributed by atoms with E-state index < -0.39 is 24.2 Å². The number of hydrogen-bond donors (Lipinski definition) is 4. The lowest BCUT2D eigenvalue weighted by atomic mass is 9.99. The molecular weight excluding hydrogens is 503 g/mol. The van der Waals surface area contributed by atoms with Crippen molar-refractivity contribution in [3.8, 4) is 5.75 Å². The van der Waals surface area contributed by atoms with Gasteiger partial charge in [0, 0.05) is 28.0 Å². The molecule has 2 atom stereocenters. The predicted molar refractivity (Wildman–Crippen MR) is 119 cm³/mol. The number of benzene rings is 2. The molecule has 0 aromatic heterocycles. The van der Waals surface area contributed by atoms with E-state index in [0.717, 1.165) is 3.57 Å². The molecule has 4 N–H and O–H groups in total. The molecule has 0 saturated carbocycles. The molecular formula is C21H23IN2O6. The monoisotopic (exact) mass is 526 g/mol. The minimum absolute atomic E-state index is 0.0230. The lowest BCUT2D eigenvalue weighted by molar-refractivity contribution is -0.124. The van der Waals surface area contributed by atoms with Gasteiger partial charge in [0.05, 0.1) is 6.10 Å². The molecule has 0 saturated heterocycles. The Hall–Kier alpha value is -2.63. The van der Waals surface area contributed by atoms with Crippen LogP contribution in [0.3, 0.4) is 0 Å². The van der Waals surface area contributed by atoms with E-state index in [2.05, 4.69) is 27.9 Å². The van der Waals surface area contributed by atoms with Crippen LogP contribution in [0.5, 0.6) is 5.75 Å². The summed E-state index contributed by atoms with van der Waals surface area (Å²) in [6.45, 7) is 0. The van der Waals surface area contributed by atoms with Crippen molar-refractivity contribution in [2.75, 3.05) is 12.4 Å². The maximum atomic E-state index is 12.5. The van der Waals surface area contributed by atoms with Crippen molar-refractivity contribution >= 4 is 40.3 Å². The van der Waals surface area contributed by atoms with Gasteiger partial charge in [-0.1, -0.05) is 24.3 Å². The van der Waals surface area contributed by atoms with Gasteiger partial charge in [-0.2, -0.15) is 0 Å². The van der Waals surface area contributed by atoms with Gasteiger partial charge < -0.3 is 14.6 Å². The second-order valence-electron chi connectivity index (χ2n) is 6.25. The van der Waals surface area contributed by atoms with E-state index in [1.807, 2.05) is 6.07 Å². The van der Waals surface area contributed by atoms with Crippen LogP contribution in [0.25, 0.3) is 0 Å². The Morgan fingerprint density at radius 2 is 1.93 bits per heavy atom. The Morgan fingerprint density at radius 3 is 2.60 bits per heavy atom. The molecule has 0 aliphatic carbocycles. The minimum atomic E-state index is -0.895. The van der Waals surface area contributed by atoms with Gasteiger partial charge in [0.1, 0.15) is 5.75 Å². The van der Waals surface area contributed by atoms with Crippen LogP contribution < -0.4 is 10.8 Å². The summed E-state index contributed by atoms with van der Waals surface area (Å²) >= 11 is 2.10. The number of para-hydroxylation sites is 1. The van der Waals surface area contributed by atoms with Gasteiger partial charge in [0.2, 0.25) is 0 Å². The molecule has 2 amide bonds. The highest BCUT2D eigenvalue weighted by Crippen LogP contribution is 2.34.